The van der Waals surface area contributed by atoms with Gasteiger partial charge >= 0.3 is 0 Å². The number of aromatic amines is 1. The fraction of sp³-hybridized carbons (Fsp3) is 0.176. The summed E-state index contributed by atoms with van der Waals surface area (Å²) < 4.78 is 0. The Morgan fingerprint density at radius 3 is 2.37 bits per heavy atom. The van der Waals surface area contributed by atoms with Gasteiger partial charge in [0, 0.05) is 40.0 Å². The molecule has 0 bridgehead atoms. The molecule has 0 aliphatic carbocycles. The third-order valence-electron chi connectivity index (χ3n) is 7.04. The first-order chi connectivity index (χ1) is 20.2. The normalized spacial score (nSPS) is 11.2. The first-order valence-corrected chi connectivity index (χ1v) is 14.0. The number of anilines is 2. The number of hydrogen-bond donors (Lipinski definition) is 4. The number of rotatable bonds is 8. The van der Waals surface area contributed by atoms with E-state index >= 15 is 0 Å². The third kappa shape index (κ3) is 5.58. The second-order valence-corrected chi connectivity index (χ2v) is 9.39. The lowest BCUT2D eigenvalue weighted by molar-refractivity contribution is 0.177. The fourth-order valence-electron chi connectivity index (χ4n) is 4.97. The summed E-state index contributed by atoms with van der Waals surface area (Å²) in [7, 11) is 1.87. The summed E-state index contributed by atoms with van der Waals surface area (Å²) in [5, 5.41) is 27.6. The molecule has 208 valence electrons. The van der Waals surface area contributed by atoms with Gasteiger partial charge in [0.05, 0.1) is 16.9 Å². The van der Waals surface area contributed by atoms with Gasteiger partial charge < -0.3 is 15.4 Å². The molecule has 0 aliphatic rings. The maximum atomic E-state index is 11.5. The van der Waals surface area contributed by atoms with Crippen molar-refractivity contribution in [2.24, 2.45) is 10.2 Å². The molecule has 4 N–H and O–H groups in total. The number of nitrogens with zero attached hydrogens (tertiary/aromatic N) is 2. The van der Waals surface area contributed by atoms with E-state index in [0.717, 1.165) is 55.9 Å². The van der Waals surface area contributed by atoms with Crippen LogP contribution in [0.5, 0.6) is 5.75 Å². The van der Waals surface area contributed by atoms with Gasteiger partial charge in [-0.1, -0.05) is 69.3 Å². The summed E-state index contributed by atoms with van der Waals surface area (Å²) in [6, 6.07) is 29.9. The predicted molar refractivity (Wildman–Crippen MR) is 171 cm³/mol. The highest BCUT2D eigenvalue weighted by Gasteiger charge is 2.18. The minimum Gasteiger partial charge on any atom is -0.505 e. The number of para-hydroxylation sites is 2. The fourth-order valence-corrected chi connectivity index (χ4v) is 4.97. The van der Waals surface area contributed by atoms with Crippen LogP contribution in [-0.4, -0.2) is 17.1 Å². The topological polar surface area (TPSA) is 94.0 Å². The van der Waals surface area contributed by atoms with Crippen molar-refractivity contribution >= 4 is 55.3 Å². The van der Waals surface area contributed by atoms with Crippen LogP contribution in [0.4, 0.5) is 22.7 Å². The summed E-state index contributed by atoms with van der Waals surface area (Å²) in [6.07, 6.45) is 0.883. The number of aromatic nitrogens is 1. The molecule has 5 aromatic carbocycles. The van der Waals surface area contributed by atoms with Gasteiger partial charge in [-0.25, -0.2) is 0 Å². The van der Waals surface area contributed by atoms with Gasteiger partial charge in [0.25, 0.3) is 0 Å². The molecule has 0 unspecified atom stereocenters. The van der Waals surface area contributed by atoms with E-state index in [1.807, 2.05) is 87.6 Å². The largest absolute Gasteiger partial charge is 0.505 e. The van der Waals surface area contributed by atoms with Crippen molar-refractivity contribution in [3.8, 4) is 5.75 Å². The van der Waals surface area contributed by atoms with Crippen LogP contribution < -0.4 is 10.8 Å². The minimum atomic E-state index is 0.0369. The van der Waals surface area contributed by atoms with Gasteiger partial charge in [0.2, 0.25) is 0 Å². The van der Waals surface area contributed by atoms with Gasteiger partial charge in [-0.3, -0.25) is 10.3 Å². The van der Waals surface area contributed by atoms with Crippen molar-refractivity contribution in [2.45, 2.75) is 33.8 Å². The lowest BCUT2D eigenvalue weighted by Crippen LogP contribution is -2.04. The van der Waals surface area contributed by atoms with Crippen molar-refractivity contribution < 1.29 is 9.94 Å². The molecule has 0 fully saturated rings. The van der Waals surface area contributed by atoms with Crippen molar-refractivity contribution in [3.63, 3.8) is 0 Å². The predicted octanol–water partition coefficient (Wildman–Crippen LogP) is 9.77. The summed E-state index contributed by atoms with van der Waals surface area (Å²) in [5.41, 5.74) is 9.72. The summed E-state index contributed by atoms with van der Waals surface area (Å²) in [4.78, 5) is 9.39. The first kappa shape index (κ1) is 27.7. The zero-order valence-corrected chi connectivity index (χ0v) is 23.8. The number of azo groups is 1. The van der Waals surface area contributed by atoms with Crippen LogP contribution in [0.1, 0.15) is 31.9 Å². The Labute approximate surface area is 239 Å². The van der Waals surface area contributed by atoms with Crippen LogP contribution in [0, 0.1) is 0 Å². The number of phenolic OH excluding ortho intramolecular Hbond substituents is 1. The number of hydrogen-bond acceptors (Lipinski definition) is 6. The van der Waals surface area contributed by atoms with E-state index in [4.69, 9.17) is 4.84 Å². The van der Waals surface area contributed by atoms with Gasteiger partial charge in [-0.15, -0.1) is 5.11 Å². The standard InChI is InChI=1S/C32H29N5O2.C2H6/c1-3-20-8-4-6-10-27(20)37-39-19-22-18-21-12-17-26-25-9-5-7-11-28(25)34-30(26)29(21)31(32(22)38)36-35-24-15-13-23(33-2)14-16-24;1-2/h4-18,33-34,37-38H,3,19H2,1-2H3;1-2H3. The third-order valence-corrected chi connectivity index (χ3v) is 7.04. The summed E-state index contributed by atoms with van der Waals surface area (Å²) >= 11 is 0. The number of aryl methyl sites for hydroxylation is 1. The SMILES string of the molecule is CC.CCc1ccccc1NOCc1cc2ccc3c4ccccc4[nH]c3c2c(N=Nc2ccc(NC)cc2)c1O. The Balaban J connectivity index is 0.00000165. The monoisotopic (exact) mass is 545 g/mol. The lowest BCUT2D eigenvalue weighted by atomic mass is 10.0. The Bertz CT molecular complexity index is 1820. The molecule has 6 rings (SSSR count). The number of fused-ring (bicyclic) bond motifs is 5. The molecule has 0 atom stereocenters. The maximum absolute atomic E-state index is 11.5. The second kappa shape index (κ2) is 12.5. The highest BCUT2D eigenvalue weighted by molar-refractivity contribution is 6.20. The van der Waals surface area contributed by atoms with E-state index in [-0.39, 0.29) is 12.4 Å². The molecular formula is C34H35N5O2. The Hall–Kier alpha value is -4.88. The van der Waals surface area contributed by atoms with Crippen LogP contribution in [0.3, 0.4) is 0 Å². The number of phenols is 1. The van der Waals surface area contributed by atoms with E-state index in [2.05, 4.69) is 57.2 Å². The van der Waals surface area contributed by atoms with Gasteiger partial charge in [0.1, 0.15) is 18.0 Å². The molecular weight excluding hydrogens is 510 g/mol. The van der Waals surface area contributed by atoms with Gasteiger partial charge in [-0.2, -0.15) is 5.11 Å². The molecule has 0 saturated heterocycles. The molecule has 1 heterocycles. The van der Waals surface area contributed by atoms with E-state index < -0.39 is 0 Å². The van der Waals surface area contributed by atoms with Crippen LogP contribution in [0.25, 0.3) is 32.6 Å². The quantitative estimate of drug-likeness (QED) is 0.113. The van der Waals surface area contributed by atoms with Crippen molar-refractivity contribution in [2.75, 3.05) is 17.8 Å². The van der Waals surface area contributed by atoms with E-state index in [1.165, 1.54) is 0 Å². The Morgan fingerprint density at radius 1 is 0.829 bits per heavy atom. The number of H-pyrrole nitrogens is 1. The van der Waals surface area contributed by atoms with Gasteiger partial charge in [-0.05, 0) is 59.8 Å². The van der Waals surface area contributed by atoms with Crippen LogP contribution in [0.15, 0.2) is 101 Å². The molecule has 0 spiro atoms. The number of aromatic hydroxyl groups is 1. The van der Waals surface area contributed by atoms with Crippen LogP contribution in [-0.2, 0) is 17.9 Å². The minimum absolute atomic E-state index is 0.0369. The zero-order chi connectivity index (χ0) is 28.8. The molecule has 7 heteroatoms. The molecule has 0 aliphatic heterocycles. The average molecular weight is 546 g/mol. The molecule has 0 saturated carbocycles. The molecule has 0 amide bonds. The van der Waals surface area contributed by atoms with Crippen LogP contribution in [0.2, 0.25) is 0 Å². The molecule has 0 radical (unpaired) electrons. The average Bonchev–Trinajstić information content (AvgIpc) is 3.41. The number of nitrogens with one attached hydrogen (secondary N) is 3. The smallest absolute Gasteiger partial charge is 0.149 e. The first-order valence-electron chi connectivity index (χ1n) is 14.0. The zero-order valence-electron chi connectivity index (χ0n) is 23.8. The lowest BCUT2D eigenvalue weighted by Gasteiger charge is -2.14. The Morgan fingerprint density at radius 2 is 1.59 bits per heavy atom. The summed E-state index contributed by atoms with van der Waals surface area (Å²) in [5.74, 6) is 0.0369. The highest BCUT2D eigenvalue weighted by atomic mass is 16.6. The molecule has 1 aromatic heterocycles. The van der Waals surface area contributed by atoms with Crippen molar-refractivity contribution in [3.05, 3.63) is 102 Å². The maximum Gasteiger partial charge on any atom is 0.149 e. The molecule has 7 nitrogen and oxygen atoms in total. The van der Waals surface area contributed by atoms with Gasteiger partial charge in [0.15, 0.2) is 0 Å². The summed E-state index contributed by atoms with van der Waals surface area (Å²) in [6.45, 7) is 6.24. The van der Waals surface area contributed by atoms with Crippen LogP contribution >= 0.6 is 0 Å². The van der Waals surface area contributed by atoms with Crippen molar-refractivity contribution in [1.82, 2.24) is 4.98 Å². The molecule has 41 heavy (non-hydrogen) atoms. The van der Waals surface area contributed by atoms with E-state index in [0.29, 0.717) is 16.9 Å². The van der Waals surface area contributed by atoms with E-state index in [1.54, 1.807) is 0 Å². The highest BCUT2D eigenvalue weighted by Crippen LogP contribution is 2.44. The molecule has 6 aromatic rings. The number of benzene rings is 5. The Kier molecular flexibility index (Phi) is 8.46. The van der Waals surface area contributed by atoms with Crippen molar-refractivity contribution in [1.29, 1.82) is 0 Å². The van der Waals surface area contributed by atoms with E-state index in [9.17, 15) is 5.11 Å². The second-order valence-electron chi connectivity index (χ2n) is 9.39.